The number of fused-ring (bicyclic) bond motifs is 2. The number of ether oxygens (including phenoxy) is 3. The second kappa shape index (κ2) is 9.86. The van der Waals surface area contributed by atoms with Crippen molar-refractivity contribution in [3.63, 3.8) is 0 Å². The molecule has 0 radical (unpaired) electrons. The third kappa shape index (κ3) is 5.01. The summed E-state index contributed by atoms with van der Waals surface area (Å²) >= 11 is 0. The zero-order valence-electron chi connectivity index (χ0n) is 16.0. The van der Waals surface area contributed by atoms with Gasteiger partial charge in [0.15, 0.2) is 17.5 Å². The maximum absolute atomic E-state index is 5.56. The van der Waals surface area contributed by atoms with Gasteiger partial charge in [-0.15, -0.1) is 24.0 Å². The first-order chi connectivity index (χ1) is 13.3. The second-order valence-electron chi connectivity index (χ2n) is 6.65. The predicted octanol–water partition coefficient (Wildman–Crippen LogP) is 2.92. The third-order valence-electron chi connectivity index (χ3n) is 4.83. The molecule has 0 atom stereocenters. The number of aliphatic imine (C=N–C) groups is 1. The summed E-state index contributed by atoms with van der Waals surface area (Å²) in [6.07, 6.45) is 2.86. The molecule has 6 nitrogen and oxygen atoms in total. The van der Waals surface area contributed by atoms with Crippen molar-refractivity contribution >= 4 is 29.9 Å². The van der Waals surface area contributed by atoms with Crippen LogP contribution in [0.2, 0.25) is 0 Å². The van der Waals surface area contributed by atoms with Crippen LogP contribution < -0.4 is 24.8 Å². The van der Waals surface area contributed by atoms with Gasteiger partial charge in [0.25, 0.3) is 0 Å². The largest absolute Gasteiger partial charge is 0.493 e. The van der Waals surface area contributed by atoms with Gasteiger partial charge in [0, 0.05) is 26.6 Å². The van der Waals surface area contributed by atoms with Crippen LogP contribution in [0.3, 0.4) is 0 Å². The highest BCUT2D eigenvalue weighted by Gasteiger charge is 2.13. The van der Waals surface area contributed by atoms with E-state index in [0.717, 1.165) is 62.2 Å². The van der Waals surface area contributed by atoms with E-state index < -0.39 is 0 Å². The normalized spacial score (nSPS) is 14.1. The van der Waals surface area contributed by atoms with Crippen LogP contribution in [0.5, 0.6) is 17.2 Å². The van der Waals surface area contributed by atoms with Crippen molar-refractivity contribution in [3.8, 4) is 17.2 Å². The van der Waals surface area contributed by atoms with Crippen LogP contribution in [-0.4, -0.2) is 39.5 Å². The van der Waals surface area contributed by atoms with Crippen molar-refractivity contribution in [1.29, 1.82) is 0 Å². The van der Waals surface area contributed by atoms with Crippen molar-refractivity contribution in [3.05, 3.63) is 53.1 Å². The van der Waals surface area contributed by atoms with Crippen LogP contribution in [0, 0.1) is 0 Å². The second-order valence-corrected chi connectivity index (χ2v) is 6.65. The molecule has 2 aromatic rings. The smallest absolute Gasteiger partial charge is 0.231 e. The maximum atomic E-state index is 5.56. The van der Waals surface area contributed by atoms with Crippen molar-refractivity contribution in [2.75, 3.05) is 33.5 Å². The minimum absolute atomic E-state index is 0. The lowest BCUT2D eigenvalue weighted by atomic mass is 10.1. The lowest BCUT2D eigenvalue weighted by Crippen LogP contribution is -2.39. The minimum Gasteiger partial charge on any atom is -0.493 e. The zero-order chi connectivity index (χ0) is 18.5. The predicted molar refractivity (Wildman–Crippen MR) is 120 cm³/mol. The van der Waals surface area contributed by atoms with E-state index >= 15 is 0 Å². The molecule has 7 heteroatoms. The lowest BCUT2D eigenvalue weighted by Gasteiger charge is -2.12. The Morgan fingerprint density at radius 1 is 0.893 bits per heavy atom. The molecule has 150 valence electrons. The van der Waals surface area contributed by atoms with E-state index in [1.807, 2.05) is 12.1 Å². The summed E-state index contributed by atoms with van der Waals surface area (Å²) in [6, 6.07) is 12.5. The molecule has 0 saturated heterocycles. The van der Waals surface area contributed by atoms with Crippen molar-refractivity contribution in [2.45, 2.75) is 19.3 Å². The molecule has 0 unspecified atom stereocenters. The van der Waals surface area contributed by atoms with Gasteiger partial charge < -0.3 is 24.8 Å². The number of hydrogen-bond donors (Lipinski definition) is 2. The number of nitrogens with zero attached hydrogens (tertiary/aromatic N) is 1. The summed E-state index contributed by atoms with van der Waals surface area (Å²) in [5.41, 5.74) is 3.85. The van der Waals surface area contributed by atoms with E-state index in [1.54, 1.807) is 7.05 Å². The Hall–Kier alpha value is -2.16. The molecule has 2 N–H and O–H groups in total. The Bertz CT molecular complexity index is 776. The topological polar surface area (TPSA) is 64.1 Å². The lowest BCUT2D eigenvalue weighted by molar-refractivity contribution is 0.174. The Morgan fingerprint density at radius 3 is 2.32 bits per heavy atom. The molecule has 0 aromatic heterocycles. The van der Waals surface area contributed by atoms with Crippen molar-refractivity contribution in [1.82, 2.24) is 10.6 Å². The average molecular weight is 495 g/mol. The van der Waals surface area contributed by atoms with E-state index in [1.165, 1.54) is 16.7 Å². The monoisotopic (exact) mass is 495 g/mol. The van der Waals surface area contributed by atoms with Crippen LogP contribution >= 0.6 is 24.0 Å². The fourth-order valence-corrected chi connectivity index (χ4v) is 3.36. The van der Waals surface area contributed by atoms with E-state index in [4.69, 9.17) is 14.2 Å². The highest BCUT2D eigenvalue weighted by Crippen LogP contribution is 2.32. The van der Waals surface area contributed by atoms with Gasteiger partial charge in [-0.25, -0.2) is 0 Å². The molecule has 28 heavy (non-hydrogen) atoms. The molecule has 4 rings (SSSR count). The molecule has 2 aromatic carbocycles. The molecule has 2 heterocycles. The molecule has 0 amide bonds. The fraction of sp³-hybridized carbons (Fsp3) is 0.381. The molecule has 2 aliphatic rings. The quantitative estimate of drug-likeness (QED) is 0.367. The Morgan fingerprint density at radius 2 is 1.57 bits per heavy atom. The Balaban J connectivity index is 0.00000225. The first-order valence-electron chi connectivity index (χ1n) is 9.39. The van der Waals surface area contributed by atoms with Crippen molar-refractivity contribution in [2.24, 2.45) is 4.99 Å². The fourth-order valence-electron chi connectivity index (χ4n) is 3.36. The summed E-state index contributed by atoms with van der Waals surface area (Å²) in [4.78, 5) is 4.30. The van der Waals surface area contributed by atoms with Gasteiger partial charge in [-0.05, 0) is 47.7 Å². The molecule has 0 fully saturated rings. The van der Waals surface area contributed by atoms with E-state index in [9.17, 15) is 0 Å². The summed E-state index contributed by atoms with van der Waals surface area (Å²) in [7, 11) is 1.79. The van der Waals surface area contributed by atoms with Gasteiger partial charge in [0.2, 0.25) is 6.79 Å². The van der Waals surface area contributed by atoms with E-state index in [2.05, 4.69) is 39.9 Å². The Kier molecular flexibility index (Phi) is 7.24. The standard InChI is InChI=1S/C21H25N3O3.HI/c1-22-21(23-9-6-15-2-4-18-17(12-15)8-11-25-18)24-10-7-16-3-5-19-20(13-16)27-14-26-19;/h2-5,12-13H,6-11,14H2,1H3,(H2,22,23,24);1H. The highest BCUT2D eigenvalue weighted by molar-refractivity contribution is 14.0. The third-order valence-corrected chi connectivity index (χ3v) is 4.83. The van der Waals surface area contributed by atoms with Gasteiger partial charge in [-0.2, -0.15) is 0 Å². The van der Waals surface area contributed by atoms with Gasteiger partial charge >= 0.3 is 0 Å². The molecule has 0 spiro atoms. The number of nitrogens with one attached hydrogen (secondary N) is 2. The number of hydrogen-bond acceptors (Lipinski definition) is 4. The van der Waals surface area contributed by atoms with Crippen LogP contribution in [0.25, 0.3) is 0 Å². The highest BCUT2D eigenvalue weighted by atomic mass is 127. The van der Waals surface area contributed by atoms with Crippen molar-refractivity contribution < 1.29 is 14.2 Å². The molecular formula is C21H26IN3O3. The van der Waals surface area contributed by atoms with Crippen LogP contribution in [-0.2, 0) is 19.3 Å². The number of rotatable bonds is 6. The van der Waals surface area contributed by atoms with Gasteiger partial charge in [0.1, 0.15) is 5.75 Å². The zero-order valence-corrected chi connectivity index (χ0v) is 18.3. The van der Waals surface area contributed by atoms with Crippen LogP contribution in [0.4, 0.5) is 0 Å². The Labute approximate surface area is 182 Å². The van der Waals surface area contributed by atoms with E-state index in [-0.39, 0.29) is 24.0 Å². The molecular weight excluding hydrogens is 469 g/mol. The SMILES string of the molecule is CN=C(NCCc1ccc2c(c1)CCO2)NCCc1ccc2c(c1)OCO2.I. The maximum Gasteiger partial charge on any atom is 0.231 e. The summed E-state index contributed by atoms with van der Waals surface area (Å²) in [6.45, 7) is 2.75. The van der Waals surface area contributed by atoms with Gasteiger partial charge in [0.05, 0.1) is 6.61 Å². The molecule has 0 saturated carbocycles. The first-order valence-corrected chi connectivity index (χ1v) is 9.39. The number of guanidine groups is 1. The van der Waals surface area contributed by atoms with E-state index in [0.29, 0.717) is 6.79 Å². The van der Waals surface area contributed by atoms with Crippen LogP contribution in [0.15, 0.2) is 41.4 Å². The molecule has 0 bridgehead atoms. The van der Waals surface area contributed by atoms with Crippen LogP contribution in [0.1, 0.15) is 16.7 Å². The summed E-state index contributed by atoms with van der Waals surface area (Å²) in [5.74, 6) is 3.50. The van der Waals surface area contributed by atoms with Gasteiger partial charge in [-0.1, -0.05) is 18.2 Å². The summed E-state index contributed by atoms with van der Waals surface area (Å²) < 4.78 is 16.3. The minimum atomic E-state index is 0. The number of benzene rings is 2. The molecule has 0 aliphatic carbocycles. The molecule has 2 aliphatic heterocycles. The number of halogens is 1. The summed E-state index contributed by atoms with van der Waals surface area (Å²) in [5, 5.41) is 6.74. The van der Waals surface area contributed by atoms with Gasteiger partial charge in [-0.3, -0.25) is 4.99 Å². The average Bonchev–Trinajstić information content (AvgIpc) is 3.35. The first kappa shape index (κ1) is 20.6.